The lowest BCUT2D eigenvalue weighted by Gasteiger charge is -2.05. The number of hydrogen-bond acceptors (Lipinski definition) is 1. The molecule has 0 heterocycles. The first-order valence-electron chi connectivity index (χ1n) is 7.65. The smallest absolute Gasteiger partial charge is 0.132 e. The number of Topliss-reactive ketones (excluding diaryl/α,β-unsaturated/α-hetero) is 1. The number of carbonyl (C=O) groups excluding carboxylic acids is 1. The molecule has 0 N–H and O–H groups in total. The Kier molecular flexibility index (Phi) is 6.95. The summed E-state index contributed by atoms with van der Waals surface area (Å²) in [5, 5.41) is 1.57. The molecule has 2 aromatic rings. The summed E-state index contributed by atoms with van der Waals surface area (Å²) in [6.45, 7) is 0. The van der Waals surface area contributed by atoms with Crippen molar-refractivity contribution >= 4 is 29.0 Å². The monoisotopic (exact) mass is 334 g/mol. The van der Waals surface area contributed by atoms with Crippen molar-refractivity contribution in [2.75, 3.05) is 0 Å². The van der Waals surface area contributed by atoms with E-state index in [0.717, 1.165) is 46.9 Å². The van der Waals surface area contributed by atoms with Crippen molar-refractivity contribution in [1.29, 1.82) is 0 Å². The summed E-state index contributed by atoms with van der Waals surface area (Å²) in [5.41, 5.74) is 2.24. The molecule has 0 saturated heterocycles. The quantitative estimate of drug-likeness (QED) is 0.586. The molecule has 0 unspecified atom stereocenters. The Morgan fingerprint density at radius 1 is 0.727 bits per heavy atom. The predicted octanol–water partition coefficient (Wildman–Crippen LogP) is 5.91. The van der Waals surface area contributed by atoms with Gasteiger partial charge in [0.05, 0.1) is 0 Å². The van der Waals surface area contributed by atoms with Crippen molar-refractivity contribution in [2.24, 2.45) is 0 Å². The largest absolute Gasteiger partial charge is 0.300 e. The van der Waals surface area contributed by atoms with E-state index in [1.54, 1.807) is 0 Å². The van der Waals surface area contributed by atoms with Crippen molar-refractivity contribution in [3.05, 3.63) is 69.7 Å². The molecule has 0 aromatic heterocycles. The lowest BCUT2D eigenvalue weighted by molar-refractivity contribution is -0.119. The van der Waals surface area contributed by atoms with Crippen molar-refractivity contribution in [3.63, 3.8) is 0 Å². The Morgan fingerprint density at radius 3 is 1.55 bits per heavy atom. The van der Waals surface area contributed by atoms with Crippen LogP contribution in [-0.4, -0.2) is 5.78 Å². The number of benzene rings is 2. The van der Waals surface area contributed by atoms with E-state index in [2.05, 4.69) is 0 Å². The maximum absolute atomic E-state index is 11.9. The topological polar surface area (TPSA) is 17.1 Å². The Balaban J connectivity index is 1.66. The fraction of sp³-hybridized carbons (Fsp3) is 0.316. The van der Waals surface area contributed by atoms with Crippen LogP contribution in [0.2, 0.25) is 10.0 Å². The molecule has 0 atom stereocenters. The number of halogens is 2. The summed E-state index contributed by atoms with van der Waals surface area (Å²) in [4.78, 5) is 11.9. The van der Waals surface area contributed by atoms with Gasteiger partial charge in [-0.15, -0.1) is 0 Å². The Labute approximate surface area is 142 Å². The van der Waals surface area contributed by atoms with Crippen LogP contribution in [0.3, 0.4) is 0 Å². The maximum Gasteiger partial charge on any atom is 0.132 e. The second-order valence-corrected chi connectivity index (χ2v) is 6.24. The van der Waals surface area contributed by atoms with Gasteiger partial charge in [0.1, 0.15) is 5.78 Å². The summed E-state index contributed by atoms with van der Waals surface area (Å²) in [6.07, 6.45) is 4.66. The molecule has 3 heteroatoms. The normalized spacial score (nSPS) is 10.6. The van der Waals surface area contributed by atoms with Crippen LogP contribution >= 0.6 is 23.2 Å². The molecule has 2 rings (SSSR count). The molecular weight excluding hydrogens is 315 g/mol. The van der Waals surface area contributed by atoms with Crippen LogP contribution in [-0.2, 0) is 17.6 Å². The summed E-state index contributed by atoms with van der Waals surface area (Å²) in [7, 11) is 0. The molecule has 0 aliphatic heterocycles. The van der Waals surface area contributed by atoms with Crippen LogP contribution in [0.4, 0.5) is 0 Å². The summed E-state index contributed by atoms with van der Waals surface area (Å²) < 4.78 is 0. The molecule has 0 bridgehead atoms. The minimum atomic E-state index is 0.319. The van der Waals surface area contributed by atoms with E-state index < -0.39 is 0 Å². The lowest BCUT2D eigenvalue weighted by Crippen LogP contribution is -2.00. The van der Waals surface area contributed by atoms with Gasteiger partial charge in [-0.1, -0.05) is 59.6 Å². The highest BCUT2D eigenvalue weighted by atomic mass is 35.5. The first-order chi connectivity index (χ1) is 10.7. The van der Waals surface area contributed by atoms with Crippen LogP contribution < -0.4 is 0 Å². The summed E-state index contributed by atoms with van der Waals surface area (Å²) in [5.74, 6) is 0.319. The van der Waals surface area contributed by atoms with Gasteiger partial charge in [-0.25, -0.2) is 0 Å². The fourth-order valence-corrected chi connectivity index (χ4v) is 2.94. The number of ketones is 1. The van der Waals surface area contributed by atoms with E-state index in [1.807, 2.05) is 48.5 Å². The van der Waals surface area contributed by atoms with Gasteiger partial charge >= 0.3 is 0 Å². The standard InChI is InChI=1S/C19H20Cl2O/c20-18-13-3-1-7-15(18)9-5-11-17(22)12-6-10-16-8-2-4-14-19(16)21/h1-4,7-8,13-14H,5-6,9-12H2. The highest BCUT2D eigenvalue weighted by Gasteiger charge is 2.05. The number of aryl methyl sites for hydroxylation is 2. The lowest BCUT2D eigenvalue weighted by atomic mass is 10.0. The van der Waals surface area contributed by atoms with Gasteiger partial charge in [0.2, 0.25) is 0 Å². The molecular formula is C19H20Cl2O. The van der Waals surface area contributed by atoms with E-state index >= 15 is 0 Å². The molecule has 0 spiro atoms. The second kappa shape index (κ2) is 8.97. The Morgan fingerprint density at radius 2 is 1.14 bits per heavy atom. The van der Waals surface area contributed by atoms with E-state index in [0.29, 0.717) is 18.6 Å². The Bertz CT molecular complexity index is 569. The van der Waals surface area contributed by atoms with Crippen molar-refractivity contribution in [3.8, 4) is 0 Å². The van der Waals surface area contributed by atoms with Gasteiger partial charge in [0, 0.05) is 22.9 Å². The first-order valence-corrected chi connectivity index (χ1v) is 8.41. The van der Waals surface area contributed by atoms with Gasteiger partial charge in [-0.3, -0.25) is 4.79 Å². The average molecular weight is 335 g/mol. The zero-order chi connectivity index (χ0) is 15.8. The molecule has 0 fully saturated rings. The van der Waals surface area contributed by atoms with Gasteiger partial charge in [-0.05, 0) is 48.9 Å². The van der Waals surface area contributed by atoms with Crippen molar-refractivity contribution in [2.45, 2.75) is 38.5 Å². The van der Waals surface area contributed by atoms with E-state index in [4.69, 9.17) is 23.2 Å². The number of rotatable bonds is 8. The molecule has 0 aliphatic rings. The highest BCUT2D eigenvalue weighted by molar-refractivity contribution is 6.31. The van der Waals surface area contributed by atoms with E-state index in [1.165, 1.54) is 0 Å². The fourth-order valence-electron chi connectivity index (χ4n) is 2.48. The summed E-state index contributed by atoms with van der Waals surface area (Å²) >= 11 is 12.2. The molecule has 0 aliphatic carbocycles. The maximum atomic E-state index is 11.9. The van der Waals surface area contributed by atoms with Gasteiger partial charge in [0.15, 0.2) is 0 Å². The van der Waals surface area contributed by atoms with E-state index in [-0.39, 0.29) is 0 Å². The number of hydrogen-bond donors (Lipinski definition) is 0. The summed E-state index contributed by atoms with van der Waals surface area (Å²) in [6, 6.07) is 15.6. The van der Waals surface area contributed by atoms with Crippen molar-refractivity contribution in [1.82, 2.24) is 0 Å². The third-order valence-electron chi connectivity index (χ3n) is 3.72. The molecule has 22 heavy (non-hydrogen) atoms. The average Bonchev–Trinajstić information content (AvgIpc) is 2.51. The van der Waals surface area contributed by atoms with Crippen LogP contribution in [0.25, 0.3) is 0 Å². The van der Waals surface area contributed by atoms with Crippen molar-refractivity contribution < 1.29 is 4.79 Å². The van der Waals surface area contributed by atoms with Gasteiger partial charge in [0.25, 0.3) is 0 Å². The molecule has 116 valence electrons. The first kappa shape index (κ1) is 17.1. The zero-order valence-electron chi connectivity index (χ0n) is 12.5. The molecule has 0 amide bonds. The van der Waals surface area contributed by atoms with Crippen LogP contribution in [0, 0.1) is 0 Å². The highest BCUT2D eigenvalue weighted by Crippen LogP contribution is 2.19. The molecule has 1 nitrogen and oxygen atoms in total. The predicted molar refractivity (Wildman–Crippen MR) is 93.8 cm³/mol. The van der Waals surface area contributed by atoms with Crippen LogP contribution in [0.5, 0.6) is 0 Å². The van der Waals surface area contributed by atoms with Gasteiger partial charge < -0.3 is 0 Å². The minimum Gasteiger partial charge on any atom is -0.300 e. The second-order valence-electron chi connectivity index (χ2n) is 5.43. The third-order valence-corrected chi connectivity index (χ3v) is 4.46. The van der Waals surface area contributed by atoms with Crippen LogP contribution in [0.1, 0.15) is 36.8 Å². The SMILES string of the molecule is O=C(CCCc1ccccc1Cl)CCCc1ccccc1Cl. The molecule has 0 saturated carbocycles. The van der Waals surface area contributed by atoms with Crippen LogP contribution in [0.15, 0.2) is 48.5 Å². The minimum absolute atomic E-state index is 0.319. The number of carbonyl (C=O) groups is 1. The van der Waals surface area contributed by atoms with E-state index in [9.17, 15) is 4.79 Å². The third kappa shape index (κ3) is 5.47. The van der Waals surface area contributed by atoms with Gasteiger partial charge in [-0.2, -0.15) is 0 Å². The molecule has 2 aromatic carbocycles. The molecule has 0 radical (unpaired) electrons. The zero-order valence-corrected chi connectivity index (χ0v) is 14.0. The Hall–Kier alpha value is -1.31.